The van der Waals surface area contributed by atoms with E-state index in [9.17, 15) is 4.79 Å². The summed E-state index contributed by atoms with van der Waals surface area (Å²) in [5.41, 5.74) is 3.29. The lowest BCUT2D eigenvalue weighted by Gasteiger charge is -2.26. The molecule has 2 aliphatic heterocycles. The average Bonchev–Trinajstić information content (AvgIpc) is 3.03. The summed E-state index contributed by atoms with van der Waals surface area (Å²) in [4.78, 5) is 14.5. The zero-order valence-electron chi connectivity index (χ0n) is 12.3. The fraction of sp³-hybridized carbons (Fsp3) is 0.562. The summed E-state index contributed by atoms with van der Waals surface area (Å²) in [5, 5.41) is 6.23. The maximum atomic E-state index is 12.0. The topological polar surface area (TPSA) is 44.4 Å². The van der Waals surface area contributed by atoms with Crippen molar-refractivity contribution in [2.75, 3.05) is 23.3 Å². The summed E-state index contributed by atoms with van der Waals surface area (Å²) < 4.78 is 0. The molecular weight excluding hydrogens is 250 g/mol. The molecule has 0 saturated carbocycles. The van der Waals surface area contributed by atoms with Crippen LogP contribution >= 0.6 is 0 Å². The lowest BCUT2D eigenvalue weighted by Crippen LogP contribution is -2.28. The van der Waals surface area contributed by atoms with Gasteiger partial charge in [-0.3, -0.25) is 4.79 Å². The van der Waals surface area contributed by atoms with E-state index < -0.39 is 0 Å². The lowest BCUT2D eigenvalue weighted by atomic mass is 10.1. The number of nitrogens with one attached hydrogen (secondary N) is 2. The summed E-state index contributed by atoms with van der Waals surface area (Å²) in [5.74, 6) is 0.0625. The van der Waals surface area contributed by atoms with Crippen LogP contribution in [0.2, 0.25) is 0 Å². The molecule has 0 aliphatic carbocycles. The van der Waals surface area contributed by atoms with Gasteiger partial charge in [0.25, 0.3) is 0 Å². The van der Waals surface area contributed by atoms with E-state index in [4.69, 9.17) is 0 Å². The molecule has 4 nitrogen and oxygen atoms in total. The van der Waals surface area contributed by atoms with Crippen LogP contribution in [0.5, 0.6) is 0 Å². The predicted octanol–water partition coefficient (Wildman–Crippen LogP) is 2.67. The van der Waals surface area contributed by atoms with E-state index >= 15 is 0 Å². The molecule has 1 amide bonds. The Balaban J connectivity index is 1.88. The Morgan fingerprint density at radius 3 is 3.00 bits per heavy atom. The highest BCUT2D eigenvalue weighted by Gasteiger charge is 2.31. The normalized spacial score (nSPS) is 24.9. The second-order valence-electron chi connectivity index (χ2n) is 5.65. The molecule has 2 heterocycles. The molecule has 1 saturated heterocycles. The van der Waals surface area contributed by atoms with Gasteiger partial charge in [0.1, 0.15) is 6.04 Å². The number of benzene rings is 1. The van der Waals surface area contributed by atoms with Gasteiger partial charge in [-0.15, -0.1) is 0 Å². The third kappa shape index (κ3) is 2.18. The molecule has 2 N–H and O–H groups in total. The van der Waals surface area contributed by atoms with Gasteiger partial charge in [-0.2, -0.15) is 0 Å². The molecule has 0 radical (unpaired) electrons. The smallest absolute Gasteiger partial charge is 0.246 e. The van der Waals surface area contributed by atoms with Crippen LogP contribution in [-0.4, -0.2) is 25.0 Å². The Bertz CT molecular complexity index is 514. The zero-order chi connectivity index (χ0) is 14.1. The first-order chi connectivity index (χ1) is 9.74. The number of carbonyl (C=O) groups excluding carboxylic acids is 1. The highest BCUT2D eigenvalue weighted by Crippen LogP contribution is 2.36. The van der Waals surface area contributed by atoms with E-state index in [0.29, 0.717) is 6.04 Å². The first-order valence-electron chi connectivity index (χ1n) is 7.69. The Morgan fingerprint density at radius 2 is 2.25 bits per heavy atom. The number of rotatable bonds is 4. The number of fused-ring (bicyclic) bond motifs is 1. The fourth-order valence-electron chi connectivity index (χ4n) is 3.44. The number of likely N-dealkylation sites (N-methyl/N-ethyl adjacent to an activating group) is 1. The summed E-state index contributed by atoms with van der Waals surface area (Å²) in [7, 11) is 0. The molecule has 1 aromatic rings. The van der Waals surface area contributed by atoms with Gasteiger partial charge in [0, 0.05) is 29.5 Å². The standard InChI is InChI=1S/C16H23N3O/c1-3-11-6-5-9-19(11)12-7-8-13-14(10-12)18-16(20)15(13)17-4-2/h7-8,10-11,15,17H,3-6,9H2,1-2H3,(H,18,20). The van der Waals surface area contributed by atoms with Gasteiger partial charge < -0.3 is 15.5 Å². The molecule has 0 spiro atoms. The SMILES string of the molecule is CCNC1C(=O)Nc2cc(N3CCCC3CC)ccc21. The molecule has 2 atom stereocenters. The molecule has 2 aliphatic rings. The Labute approximate surface area is 120 Å². The predicted molar refractivity (Wildman–Crippen MR) is 82.1 cm³/mol. The molecule has 0 bridgehead atoms. The van der Waals surface area contributed by atoms with E-state index in [0.717, 1.165) is 24.3 Å². The van der Waals surface area contributed by atoms with Crippen LogP contribution in [0.4, 0.5) is 11.4 Å². The van der Waals surface area contributed by atoms with E-state index in [1.54, 1.807) is 0 Å². The van der Waals surface area contributed by atoms with Crippen molar-refractivity contribution >= 4 is 17.3 Å². The first kappa shape index (κ1) is 13.4. The molecule has 1 aromatic carbocycles. The molecule has 2 unspecified atom stereocenters. The van der Waals surface area contributed by atoms with Gasteiger partial charge >= 0.3 is 0 Å². The minimum Gasteiger partial charge on any atom is -0.368 e. The highest BCUT2D eigenvalue weighted by molar-refractivity contribution is 6.03. The fourth-order valence-corrected chi connectivity index (χ4v) is 3.44. The number of amides is 1. The van der Waals surface area contributed by atoms with Crippen molar-refractivity contribution in [3.63, 3.8) is 0 Å². The van der Waals surface area contributed by atoms with Gasteiger partial charge in [-0.05, 0) is 37.9 Å². The van der Waals surface area contributed by atoms with Crippen LogP contribution < -0.4 is 15.5 Å². The van der Waals surface area contributed by atoms with Crippen molar-refractivity contribution in [1.82, 2.24) is 5.32 Å². The van der Waals surface area contributed by atoms with Crippen LogP contribution in [0.25, 0.3) is 0 Å². The minimum absolute atomic E-state index is 0.0625. The van der Waals surface area contributed by atoms with E-state index in [1.807, 2.05) is 6.92 Å². The number of nitrogens with zero attached hydrogens (tertiary/aromatic N) is 1. The highest BCUT2D eigenvalue weighted by atomic mass is 16.2. The monoisotopic (exact) mass is 273 g/mol. The van der Waals surface area contributed by atoms with Gasteiger partial charge in [0.2, 0.25) is 5.91 Å². The zero-order valence-corrected chi connectivity index (χ0v) is 12.3. The quantitative estimate of drug-likeness (QED) is 0.886. The van der Waals surface area contributed by atoms with E-state index in [1.165, 1.54) is 24.9 Å². The second-order valence-corrected chi connectivity index (χ2v) is 5.65. The largest absolute Gasteiger partial charge is 0.368 e. The van der Waals surface area contributed by atoms with Gasteiger partial charge in [-0.1, -0.05) is 19.9 Å². The van der Waals surface area contributed by atoms with Crippen molar-refractivity contribution in [3.05, 3.63) is 23.8 Å². The number of hydrogen-bond acceptors (Lipinski definition) is 3. The summed E-state index contributed by atoms with van der Waals surface area (Å²) in [6.07, 6.45) is 3.73. The number of anilines is 2. The molecule has 4 heteroatoms. The summed E-state index contributed by atoms with van der Waals surface area (Å²) in [6, 6.07) is 6.86. The molecule has 3 rings (SSSR count). The van der Waals surface area contributed by atoms with Gasteiger partial charge in [-0.25, -0.2) is 0 Å². The van der Waals surface area contributed by atoms with Crippen LogP contribution in [0.3, 0.4) is 0 Å². The van der Waals surface area contributed by atoms with Crippen molar-refractivity contribution in [1.29, 1.82) is 0 Å². The van der Waals surface area contributed by atoms with Crippen molar-refractivity contribution < 1.29 is 4.79 Å². The molecule has 1 fully saturated rings. The van der Waals surface area contributed by atoms with Crippen LogP contribution in [-0.2, 0) is 4.79 Å². The Hall–Kier alpha value is -1.55. The third-order valence-corrected chi connectivity index (χ3v) is 4.46. The molecular formula is C16H23N3O. The lowest BCUT2D eigenvalue weighted by molar-refractivity contribution is -0.117. The maximum Gasteiger partial charge on any atom is 0.246 e. The molecule has 108 valence electrons. The second kappa shape index (κ2) is 5.44. The first-order valence-corrected chi connectivity index (χ1v) is 7.69. The average molecular weight is 273 g/mol. The summed E-state index contributed by atoms with van der Waals surface area (Å²) >= 11 is 0. The Morgan fingerprint density at radius 1 is 1.40 bits per heavy atom. The van der Waals surface area contributed by atoms with Crippen LogP contribution in [0, 0.1) is 0 Å². The maximum absolute atomic E-state index is 12.0. The summed E-state index contributed by atoms with van der Waals surface area (Å²) in [6.45, 7) is 6.19. The van der Waals surface area contributed by atoms with Crippen LogP contribution in [0.15, 0.2) is 18.2 Å². The van der Waals surface area contributed by atoms with E-state index in [2.05, 4.69) is 40.7 Å². The van der Waals surface area contributed by atoms with Crippen molar-refractivity contribution in [3.8, 4) is 0 Å². The third-order valence-electron chi connectivity index (χ3n) is 4.46. The Kier molecular flexibility index (Phi) is 3.66. The minimum atomic E-state index is -0.190. The van der Waals surface area contributed by atoms with E-state index in [-0.39, 0.29) is 11.9 Å². The number of hydrogen-bond donors (Lipinski definition) is 2. The molecule has 20 heavy (non-hydrogen) atoms. The van der Waals surface area contributed by atoms with Gasteiger partial charge in [0.05, 0.1) is 0 Å². The van der Waals surface area contributed by atoms with Crippen LogP contribution in [0.1, 0.15) is 44.7 Å². The molecule has 0 aromatic heterocycles. The number of carbonyl (C=O) groups is 1. The van der Waals surface area contributed by atoms with Crippen molar-refractivity contribution in [2.24, 2.45) is 0 Å². The van der Waals surface area contributed by atoms with Gasteiger partial charge in [0.15, 0.2) is 0 Å². The van der Waals surface area contributed by atoms with Crippen molar-refractivity contribution in [2.45, 2.75) is 45.2 Å².